The van der Waals surface area contributed by atoms with E-state index in [1.54, 1.807) is 0 Å². The second kappa shape index (κ2) is 12.6. The average Bonchev–Trinajstić information content (AvgIpc) is 3.83. The number of nitrogens with zero attached hydrogens (tertiary/aromatic N) is 1. The Morgan fingerprint density at radius 1 is 0.519 bits per heavy atom. The van der Waals surface area contributed by atoms with Crippen LogP contribution in [0.15, 0.2) is 185 Å². The predicted molar refractivity (Wildman–Crippen MR) is 226 cm³/mol. The highest BCUT2D eigenvalue weighted by Gasteiger charge is 2.28. The molecule has 2 unspecified atom stereocenters. The van der Waals surface area contributed by atoms with Crippen LogP contribution in [-0.4, -0.2) is 5.84 Å². The van der Waals surface area contributed by atoms with Gasteiger partial charge in [0.25, 0.3) is 0 Å². The van der Waals surface area contributed by atoms with Crippen LogP contribution in [0, 0.1) is 0 Å². The molecule has 0 bridgehead atoms. The Morgan fingerprint density at radius 2 is 1.24 bits per heavy atom. The molecule has 256 valence electrons. The van der Waals surface area contributed by atoms with Crippen molar-refractivity contribution in [1.82, 2.24) is 10.6 Å². The van der Waals surface area contributed by atoms with E-state index in [0.717, 1.165) is 44.5 Å². The van der Waals surface area contributed by atoms with E-state index in [2.05, 4.69) is 180 Å². The van der Waals surface area contributed by atoms with Gasteiger partial charge in [-0.3, -0.25) is 5.32 Å². The van der Waals surface area contributed by atoms with E-state index in [1.807, 2.05) is 17.4 Å². The van der Waals surface area contributed by atoms with Crippen LogP contribution in [0.3, 0.4) is 0 Å². The van der Waals surface area contributed by atoms with Gasteiger partial charge in [-0.2, -0.15) is 0 Å². The number of benzene rings is 8. The Balaban J connectivity index is 1.04. The third-order valence-corrected chi connectivity index (χ3v) is 12.0. The number of thiophene rings is 1. The fourth-order valence-electron chi connectivity index (χ4n) is 8.18. The van der Waals surface area contributed by atoms with E-state index < -0.39 is 0 Å². The molecule has 0 spiro atoms. The van der Waals surface area contributed by atoms with E-state index in [4.69, 9.17) is 9.41 Å². The molecule has 0 radical (unpaired) electrons. The number of rotatable bonds is 5. The molecule has 0 aliphatic carbocycles. The first-order valence-electron chi connectivity index (χ1n) is 18.3. The van der Waals surface area contributed by atoms with Gasteiger partial charge in [0.2, 0.25) is 0 Å². The molecule has 1 aliphatic rings. The predicted octanol–water partition coefficient (Wildman–Crippen LogP) is 12.8. The molecule has 2 aromatic heterocycles. The summed E-state index contributed by atoms with van der Waals surface area (Å²) in [7, 11) is 0. The van der Waals surface area contributed by atoms with Crippen molar-refractivity contribution in [2.75, 3.05) is 0 Å². The van der Waals surface area contributed by atoms with E-state index in [9.17, 15) is 0 Å². The van der Waals surface area contributed by atoms with Crippen LogP contribution in [-0.2, 0) is 0 Å². The number of hydrogen-bond donors (Lipinski definition) is 2. The van der Waals surface area contributed by atoms with Crippen molar-refractivity contribution in [2.45, 2.75) is 12.3 Å². The highest BCUT2D eigenvalue weighted by molar-refractivity contribution is 7.26. The van der Waals surface area contributed by atoms with E-state index in [0.29, 0.717) is 0 Å². The van der Waals surface area contributed by atoms with Gasteiger partial charge in [-0.1, -0.05) is 152 Å². The number of aliphatic imine (C=N–C) groups is 1. The largest absolute Gasteiger partial charge is 0.456 e. The van der Waals surface area contributed by atoms with Crippen molar-refractivity contribution in [3.8, 4) is 22.3 Å². The Hall–Kier alpha value is -6.53. The Labute approximate surface area is 316 Å². The first kappa shape index (κ1) is 31.0. The van der Waals surface area contributed by atoms with Crippen molar-refractivity contribution in [1.29, 1.82) is 0 Å². The minimum atomic E-state index is -0.326. The molecule has 0 saturated carbocycles. The minimum Gasteiger partial charge on any atom is -0.456 e. The van der Waals surface area contributed by atoms with Gasteiger partial charge in [0.15, 0.2) is 0 Å². The molecule has 5 heteroatoms. The van der Waals surface area contributed by atoms with Crippen LogP contribution >= 0.6 is 11.3 Å². The number of amidine groups is 1. The number of hydrogen-bond acceptors (Lipinski definition) is 5. The topological polar surface area (TPSA) is 49.6 Å². The van der Waals surface area contributed by atoms with Crippen molar-refractivity contribution in [3.05, 3.63) is 193 Å². The monoisotopic (exact) mass is 711 g/mol. The second-order valence-electron chi connectivity index (χ2n) is 14.0. The maximum Gasteiger partial charge on any atom is 0.135 e. The van der Waals surface area contributed by atoms with Crippen molar-refractivity contribution >= 4 is 70.1 Å². The first-order chi connectivity index (χ1) is 26.7. The molecule has 10 aromatic rings. The summed E-state index contributed by atoms with van der Waals surface area (Å²) in [5.74, 6) is 0.853. The normalized spacial score (nSPS) is 16.0. The zero-order chi connectivity index (χ0) is 35.6. The molecular formula is C49H33N3OS. The third kappa shape index (κ3) is 5.12. The SMILES string of the molecule is c1ccc(C2=NC(c3cccc4oc5ccc(-c6cccc7c6sc6ccc8ccccc8c67)cc5c34)NC(c3ccc(-c4ccccc4)cc3)N2)cc1. The molecule has 4 nitrogen and oxygen atoms in total. The lowest BCUT2D eigenvalue weighted by Gasteiger charge is -2.32. The van der Waals surface area contributed by atoms with E-state index >= 15 is 0 Å². The quantitative estimate of drug-likeness (QED) is 0.187. The molecule has 2 atom stereocenters. The molecule has 8 aromatic carbocycles. The minimum absolute atomic E-state index is 0.168. The summed E-state index contributed by atoms with van der Waals surface area (Å²) < 4.78 is 9.15. The molecule has 0 fully saturated rings. The first-order valence-corrected chi connectivity index (χ1v) is 19.2. The fraction of sp³-hybridized carbons (Fsp3) is 0.0408. The van der Waals surface area contributed by atoms with Crippen molar-refractivity contribution < 1.29 is 4.42 Å². The summed E-state index contributed by atoms with van der Waals surface area (Å²) in [5, 5.41) is 14.9. The molecule has 0 amide bonds. The summed E-state index contributed by atoms with van der Waals surface area (Å²) in [5.41, 5.74) is 9.78. The second-order valence-corrected chi connectivity index (χ2v) is 15.0. The summed E-state index contributed by atoms with van der Waals surface area (Å²) in [6.07, 6.45) is -0.495. The molecule has 3 heterocycles. The van der Waals surface area contributed by atoms with Gasteiger partial charge in [-0.05, 0) is 62.9 Å². The summed E-state index contributed by atoms with van der Waals surface area (Å²) >= 11 is 1.87. The van der Waals surface area contributed by atoms with Crippen molar-refractivity contribution in [2.24, 2.45) is 4.99 Å². The number of nitrogens with one attached hydrogen (secondary N) is 2. The molecule has 11 rings (SSSR count). The number of furan rings is 1. The standard InChI is InChI=1S/C49H33N3OS/c1-3-11-30(12-4-1)31-21-23-34(24-22-31)48-50-47(33-14-5-2-6-15-33)51-49(52-48)39-19-10-20-42-44(39)40-29-35(25-27-41(40)53-42)37-17-9-18-38-45-36-16-8-7-13-32(36)26-28-43(45)54-46(37)38/h1-29,48-49,52H,(H,50,51). The van der Waals surface area contributed by atoms with Crippen molar-refractivity contribution in [3.63, 3.8) is 0 Å². The lowest BCUT2D eigenvalue weighted by molar-refractivity contribution is 0.410. The Kier molecular flexibility index (Phi) is 7.22. The summed E-state index contributed by atoms with van der Waals surface area (Å²) in [4.78, 5) is 5.32. The smallest absolute Gasteiger partial charge is 0.135 e. The van der Waals surface area contributed by atoms with Gasteiger partial charge in [0.05, 0.1) is 0 Å². The van der Waals surface area contributed by atoms with Gasteiger partial charge < -0.3 is 9.73 Å². The van der Waals surface area contributed by atoms with Gasteiger partial charge in [0, 0.05) is 42.1 Å². The number of fused-ring (bicyclic) bond motifs is 8. The third-order valence-electron chi connectivity index (χ3n) is 10.8. The maximum atomic E-state index is 6.55. The lowest BCUT2D eigenvalue weighted by atomic mass is 9.97. The van der Waals surface area contributed by atoms with Crippen LogP contribution in [0.4, 0.5) is 0 Å². The van der Waals surface area contributed by atoms with Gasteiger partial charge in [0.1, 0.15) is 29.3 Å². The van der Waals surface area contributed by atoms with Gasteiger partial charge in [-0.25, -0.2) is 4.99 Å². The molecule has 0 saturated heterocycles. The van der Waals surface area contributed by atoms with Crippen LogP contribution in [0.1, 0.15) is 29.0 Å². The van der Waals surface area contributed by atoms with Gasteiger partial charge >= 0.3 is 0 Å². The van der Waals surface area contributed by atoms with E-state index in [-0.39, 0.29) is 12.3 Å². The average molecular weight is 712 g/mol. The van der Waals surface area contributed by atoms with Crippen LogP contribution < -0.4 is 10.6 Å². The van der Waals surface area contributed by atoms with Gasteiger partial charge in [-0.15, -0.1) is 11.3 Å². The zero-order valence-electron chi connectivity index (χ0n) is 29.2. The highest BCUT2D eigenvalue weighted by Crippen LogP contribution is 2.44. The summed E-state index contributed by atoms with van der Waals surface area (Å²) in [6.45, 7) is 0. The van der Waals surface area contributed by atoms with Crippen LogP contribution in [0.2, 0.25) is 0 Å². The zero-order valence-corrected chi connectivity index (χ0v) is 30.0. The molecule has 2 N–H and O–H groups in total. The lowest BCUT2D eigenvalue weighted by Crippen LogP contribution is -2.45. The Bertz CT molecular complexity index is 3050. The van der Waals surface area contributed by atoms with E-state index in [1.165, 1.54) is 53.2 Å². The fourth-order valence-corrected chi connectivity index (χ4v) is 9.43. The van der Waals surface area contributed by atoms with Crippen LogP contribution in [0.5, 0.6) is 0 Å². The molecular weight excluding hydrogens is 679 g/mol. The molecule has 54 heavy (non-hydrogen) atoms. The highest BCUT2D eigenvalue weighted by atomic mass is 32.1. The Morgan fingerprint density at radius 3 is 2.09 bits per heavy atom. The van der Waals surface area contributed by atoms with Crippen LogP contribution in [0.25, 0.3) is 75.1 Å². The summed E-state index contributed by atoms with van der Waals surface area (Å²) in [6, 6.07) is 62.6. The maximum absolute atomic E-state index is 6.55. The molecule has 1 aliphatic heterocycles.